The number of aromatic nitrogens is 3. The maximum Gasteiger partial charge on any atom is 0.191 e. The number of hydrogen-bond acceptors (Lipinski definition) is 6. The third-order valence-corrected chi connectivity index (χ3v) is 2.90. The van der Waals surface area contributed by atoms with E-state index in [0.717, 1.165) is 10.6 Å². The Hall–Kier alpha value is -1.56. The quantitative estimate of drug-likeness (QED) is 0.728. The minimum Gasteiger partial charge on any atom is -0.354 e. The van der Waals surface area contributed by atoms with Gasteiger partial charge in [0, 0.05) is 0 Å². The molecule has 5 nitrogen and oxygen atoms in total. The van der Waals surface area contributed by atoms with Gasteiger partial charge < -0.3 is 4.52 Å². The van der Waals surface area contributed by atoms with Crippen molar-refractivity contribution in [1.82, 2.24) is 14.7 Å². The van der Waals surface area contributed by atoms with Crippen molar-refractivity contribution in [1.29, 1.82) is 0 Å². The van der Waals surface area contributed by atoms with Crippen molar-refractivity contribution in [2.75, 3.05) is 0 Å². The molecule has 0 aliphatic rings. The van der Waals surface area contributed by atoms with Gasteiger partial charge in [0.1, 0.15) is 4.88 Å². The van der Waals surface area contributed by atoms with Gasteiger partial charge in [-0.15, -0.1) is 5.10 Å². The maximum atomic E-state index is 11.4. The maximum absolute atomic E-state index is 11.4. The number of hydrogen-bond donors (Lipinski definition) is 0. The lowest BCUT2D eigenvalue weighted by atomic mass is 10.1. The monoisotopic (exact) mass is 223 g/mol. The summed E-state index contributed by atoms with van der Waals surface area (Å²) in [6.45, 7) is 5.06. The molecule has 6 heteroatoms. The number of ketones is 1. The number of nitrogens with zero attached hydrogens (tertiary/aromatic N) is 3. The fourth-order valence-electron chi connectivity index (χ4n) is 1.38. The van der Waals surface area contributed by atoms with Crippen LogP contribution in [-0.4, -0.2) is 20.5 Å². The number of rotatable bonds is 2. The van der Waals surface area contributed by atoms with Gasteiger partial charge in [-0.25, -0.2) is 0 Å². The first-order valence-electron chi connectivity index (χ1n) is 4.37. The Morgan fingerprint density at radius 1 is 1.33 bits per heavy atom. The molecule has 0 bridgehead atoms. The summed E-state index contributed by atoms with van der Waals surface area (Å²) < 4.78 is 8.94. The van der Waals surface area contributed by atoms with Crippen LogP contribution in [0.1, 0.15) is 28.7 Å². The molecule has 0 N–H and O–H groups in total. The average Bonchev–Trinajstić information content (AvgIpc) is 2.71. The van der Waals surface area contributed by atoms with Gasteiger partial charge in [0.05, 0.1) is 17.0 Å². The van der Waals surface area contributed by atoms with Crippen molar-refractivity contribution >= 4 is 17.3 Å². The molecule has 0 aromatic carbocycles. The summed E-state index contributed by atoms with van der Waals surface area (Å²) in [5.41, 5.74) is 1.87. The predicted molar refractivity (Wildman–Crippen MR) is 54.9 cm³/mol. The molecule has 0 aliphatic heterocycles. The second-order valence-electron chi connectivity index (χ2n) is 3.22. The van der Waals surface area contributed by atoms with Crippen LogP contribution in [-0.2, 0) is 0 Å². The molecule has 0 amide bonds. The van der Waals surface area contributed by atoms with Crippen molar-refractivity contribution < 1.29 is 9.32 Å². The van der Waals surface area contributed by atoms with E-state index in [1.807, 2.05) is 6.92 Å². The van der Waals surface area contributed by atoms with Crippen molar-refractivity contribution in [3.05, 3.63) is 17.0 Å². The Bertz CT molecular complexity index is 515. The van der Waals surface area contributed by atoms with E-state index in [-0.39, 0.29) is 5.78 Å². The van der Waals surface area contributed by atoms with E-state index in [1.54, 1.807) is 6.92 Å². The van der Waals surface area contributed by atoms with Crippen LogP contribution < -0.4 is 0 Å². The highest BCUT2D eigenvalue weighted by atomic mass is 32.1. The van der Waals surface area contributed by atoms with Crippen LogP contribution in [0, 0.1) is 13.8 Å². The minimum atomic E-state index is -0.0587. The van der Waals surface area contributed by atoms with E-state index in [1.165, 1.54) is 18.5 Å². The first-order chi connectivity index (χ1) is 7.11. The standard InChI is InChI=1S/C9H9N3O2S/c1-4-7(6(3)13)8(14-11-4)9-5(2)10-12-15-9/h1-3H3. The zero-order valence-electron chi connectivity index (χ0n) is 8.57. The normalized spacial score (nSPS) is 10.6. The first-order valence-corrected chi connectivity index (χ1v) is 5.15. The van der Waals surface area contributed by atoms with Crippen molar-refractivity contribution in [3.63, 3.8) is 0 Å². The zero-order chi connectivity index (χ0) is 11.0. The molecule has 0 radical (unpaired) electrons. The highest BCUT2D eigenvalue weighted by Gasteiger charge is 2.21. The third kappa shape index (κ3) is 1.56. The Balaban J connectivity index is 2.64. The SMILES string of the molecule is CC(=O)c1c(C)noc1-c1snnc1C. The molecule has 2 heterocycles. The average molecular weight is 223 g/mol. The molecule has 2 aromatic rings. The molecule has 0 saturated carbocycles. The Morgan fingerprint density at radius 3 is 2.60 bits per heavy atom. The van der Waals surface area contributed by atoms with Gasteiger partial charge in [0.25, 0.3) is 0 Å². The molecule has 15 heavy (non-hydrogen) atoms. The van der Waals surface area contributed by atoms with E-state index in [0.29, 0.717) is 17.0 Å². The number of Topliss-reactive ketones (excluding diaryl/α,β-unsaturated/α-hetero) is 1. The molecular weight excluding hydrogens is 214 g/mol. The predicted octanol–water partition coefficient (Wildman–Crippen LogP) is 2.01. The van der Waals surface area contributed by atoms with Crippen LogP contribution in [0.25, 0.3) is 10.6 Å². The summed E-state index contributed by atoms with van der Waals surface area (Å²) in [5, 5.41) is 7.66. The minimum absolute atomic E-state index is 0.0587. The molecule has 0 atom stereocenters. The molecule has 78 valence electrons. The van der Waals surface area contributed by atoms with Crippen LogP contribution in [0.3, 0.4) is 0 Å². The third-order valence-electron chi connectivity index (χ3n) is 2.07. The molecule has 2 aromatic heterocycles. The van der Waals surface area contributed by atoms with Gasteiger partial charge in [-0.2, -0.15) is 0 Å². The van der Waals surface area contributed by atoms with E-state index in [2.05, 4.69) is 14.7 Å². The first kappa shape index (κ1) is 9.97. The van der Waals surface area contributed by atoms with Crippen LogP contribution in [0.15, 0.2) is 4.52 Å². The molecular formula is C9H9N3O2S. The second-order valence-corrected chi connectivity index (χ2v) is 3.97. The van der Waals surface area contributed by atoms with Gasteiger partial charge in [0.2, 0.25) is 0 Å². The number of carbonyl (C=O) groups excluding carboxylic acids is 1. The summed E-state index contributed by atoms with van der Waals surface area (Å²) >= 11 is 1.20. The molecule has 0 spiro atoms. The molecule has 2 rings (SSSR count). The Kier molecular flexibility index (Phi) is 2.36. The lowest BCUT2D eigenvalue weighted by Crippen LogP contribution is -1.95. The van der Waals surface area contributed by atoms with Gasteiger partial charge in [-0.05, 0) is 32.3 Å². The van der Waals surface area contributed by atoms with Crippen LogP contribution >= 0.6 is 11.5 Å². The van der Waals surface area contributed by atoms with Gasteiger partial charge in [-0.3, -0.25) is 4.79 Å². The second kappa shape index (κ2) is 3.54. The van der Waals surface area contributed by atoms with Crippen LogP contribution in [0.4, 0.5) is 0 Å². The van der Waals surface area contributed by atoms with E-state index in [9.17, 15) is 4.79 Å². The fourth-order valence-corrected chi connectivity index (χ4v) is 2.02. The van der Waals surface area contributed by atoms with E-state index in [4.69, 9.17) is 4.52 Å². The van der Waals surface area contributed by atoms with Crippen LogP contribution in [0.5, 0.6) is 0 Å². The summed E-state index contributed by atoms with van der Waals surface area (Å²) in [7, 11) is 0. The molecule has 0 saturated heterocycles. The summed E-state index contributed by atoms with van der Waals surface area (Å²) in [4.78, 5) is 12.2. The lowest BCUT2D eigenvalue weighted by Gasteiger charge is -1.94. The van der Waals surface area contributed by atoms with E-state index >= 15 is 0 Å². The molecule has 0 fully saturated rings. The smallest absolute Gasteiger partial charge is 0.191 e. The number of aryl methyl sites for hydroxylation is 2. The fraction of sp³-hybridized carbons (Fsp3) is 0.333. The van der Waals surface area contributed by atoms with Crippen LogP contribution in [0.2, 0.25) is 0 Å². The largest absolute Gasteiger partial charge is 0.354 e. The number of carbonyl (C=O) groups is 1. The van der Waals surface area contributed by atoms with Crippen molar-refractivity contribution in [2.45, 2.75) is 20.8 Å². The van der Waals surface area contributed by atoms with E-state index < -0.39 is 0 Å². The highest BCUT2D eigenvalue weighted by molar-refractivity contribution is 7.09. The van der Waals surface area contributed by atoms with Gasteiger partial charge in [0.15, 0.2) is 11.5 Å². The Labute approximate surface area is 90.3 Å². The van der Waals surface area contributed by atoms with Crippen molar-refractivity contribution in [3.8, 4) is 10.6 Å². The summed E-state index contributed by atoms with van der Waals surface area (Å²) in [6, 6.07) is 0. The molecule has 0 unspecified atom stereocenters. The molecule has 0 aliphatic carbocycles. The summed E-state index contributed by atoms with van der Waals surface area (Å²) in [6.07, 6.45) is 0. The Morgan fingerprint density at radius 2 is 2.07 bits per heavy atom. The lowest BCUT2D eigenvalue weighted by molar-refractivity contribution is 0.101. The van der Waals surface area contributed by atoms with Gasteiger partial charge >= 0.3 is 0 Å². The van der Waals surface area contributed by atoms with Gasteiger partial charge in [-0.1, -0.05) is 9.64 Å². The van der Waals surface area contributed by atoms with Crippen molar-refractivity contribution in [2.24, 2.45) is 0 Å². The summed E-state index contributed by atoms with van der Waals surface area (Å²) in [5.74, 6) is 0.420. The topological polar surface area (TPSA) is 68.9 Å². The highest BCUT2D eigenvalue weighted by Crippen LogP contribution is 2.30. The zero-order valence-corrected chi connectivity index (χ0v) is 9.38.